The first-order valence-corrected chi connectivity index (χ1v) is 8.68. The summed E-state index contributed by atoms with van der Waals surface area (Å²) in [5, 5.41) is 9.42. The second-order valence-corrected chi connectivity index (χ2v) is 6.14. The van der Waals surface area contributed by atoms with E-state index in [0.29, 0.717) is 5.75 Å². The fourth-order valence-corrected chi connectivity index (χ4v) is 2.12. The van der Waals surface area contributed by atoms with Crippen molar-refractivity contribution in [1.82, 2.24) is 0 Å². The van der Waals surface area contributed by atoms with E-state index in [1.807, 2.05) is 74.6 Å². The Balaban J connectivity index is 1.79. The molecule has 4 heteroatoms. The lowest BCUT2D eigenvalue weighted by atomic mass is 10.2. The van der Waals surface area contributed by atoms with Crippen LogP contribution in [-0.2, 0) is 9.53 Å². The quantitative estimate of drug-likeness (QED) is 0.406. The van der Waals surface area contributed by atoms with E-state index in [-0.39, 0.29) is 19.0 Å². The summed E-state index contributed by atoms with van der Waals surface area (Å²) in [6.07, 6.45) is 9.53. The summed E-state index contributed by atoms with van der Waals surface area (Å²) >= 11 is 0. The van der Waals surface area contributed by atoms with Crippen molar-refractivity contribution in [3.63, 3.8) is 0 Å². The Bertz CT molecular complexity index is 826. The third-order valence-corrected chi connectivity index (χ3v) is 3.53. The minimum Gasteiger partial charge on any atom is -0.508 e. The maximum absolute atomic E-state index is 11.6. The van der Waals surface area contributed by atoms with Crippen LogP contribution in [0.5, 0.6) is 11.5 Å². The molecule has 0 aliphatic heterocycles. The summed E-state index contributed by atoms with van der Waals surface area (Å²) in [7, 11) is 0. The summed E-state index contributed by atoms with van der Waals surface area (Å²) in [5.74, 6) is 0.465. The largest absolute Gasteiger partial charge is 0.508 e. The van der Waals surface area contributed by atoms with Gasteiger partial charge in [0.25, 0.3) is 0 Å². The van der Waals surface area contributed by atoms with Gasteiger partial charge in [0.2, 0.25) is 0 Å². The summed E-state index contributed by atoms with van der Waals surface area (Å²) in [4.78, 5) is 11.6. The highest BCUT2D eigenvalue weighted by Gasteiger charge is 2.03. The van der Waals surface area contributed by atoms with E-state index in [4.69, 9.17) is 9.47 Å². The number of benzene rings is 2. The SMILES string of the molecule is CC(C)=CCOC(=O)COc1ccc(C=CC=Cc2cccc(O)c2)cc1. The summed E-state index contributed by atoms with van der Waals surface area (Å²) in [5.41, 5.74) is 3.04. The Hall–Kier alpha value is -3.27. The van der Waals surface area contributed by atoms with Crippen molar-refractivity contribution in [3.8, 4) is 11.5 Å². The topological polar surface area (TPSA) is 55.8 Å². The normalized spacial score (nSPS) is 10.9. The zero-order chi connectivity index (χ0) is 19.5. The van der Waals surface area contributed by atoms with E-state index in [9.17, 15) is 9.90 Å². The Kier molecular flexibility index (Phi) is 7.92. The Morgan fingerprint density at radius 1 is 1.00 bits per heavy atom. The smallest absolute Gasteiger partial charge is 0.344 e. The zero-order valence-corrected chi connectivity index (χ0v) is 15.6. The number of hydrogen-bond donors (Lipinski definition) is 1. The predicted molar refractivity (Wildman–Crippen MR) is 109 cm³/mol. The molecular formula is C23H24O4. The van der Waals surface area contributed by atoms with Gasteiger partial charge in [0.15, 0.2) is 6.61 Å². The second-order valence-electron chi connectivity index (χ2n) is 6.14. The van der Waals surface area contributed by atoms with Crippen molar-refractivity contribution in [2.24, 2.45) is 0 Å². The van der Waals surface area contributed by atoms with Gasteiger partial charge in [-0.3, -0.25) is 0 Å². The van der Waals surface area contributed by atoms with Gasteiger partial charge in [-0.15, -0.1) is 0 Å². The molecule has 0 aromatic heterocycles. The summed E-state index contributed by atoms with van der Waals surface area (Å²) in [6, 6.07) is 14.5. The number of aromatic hydroxyl groups is 1. The molecule has 0 saturated carbocycles. The Morgan fingerprint density at radius 2 is 1.70 bits per heavy atom. The maximum atomic E-state index is 11.6. The molecule has 0 radical (unpaired) electrons. The first kappa shape index (κ1) is 20.0. The van der Waals surface area contributed by atoms with E-state index in [2.05, 4.69) is 0 Å². The van der Waals surface area contributed by atoms with E-state index in [1.54, 1.807) is 18.2 Å². The van der Waals surface area contributed by atoms with Gasteiger partial charge >= 0.3 is 5.97 Å². The molecule has 0 aliphatic rings. The van der Waals surface area contributed by atoms with Crippen LogP contribution < -0.4 is 4.74 Å². The summed E-state index contributed by atoms with van der Waals surface area (Å²) < 4.78 is 10.5. The molecule has 0 spiro atoms. The van der Waals surface area contributed by atoms with Crippen LogP contribution in [0.1, 0.15) is 25.0 Å². The number of allylic oxidation sites excluding steroid dienone is 3. The number of phenolic OH excluding ortho intramolecular Hbond substituents is 1. The average molecular weight is 364 g/mol. The Morgan fingerprint density at radius 3 is 2.37 bits per heavy atom. The number of rotatable bonds is 8. The molecule has 0 aliphatic carbocycles. The fourth-order valence-electron chi connectivity index (χ4n) is 2.12. The molecule has 0 fully saturated rings. The second kappa shape index (κ2) is 10.7. The van der Waals surface area contributed by atoms with E-state index in [0.717, 1.165) is 16.7 Å². The van der Waals surface area contributed by atoms with Crippen molar-refractivity contribution in [2.45, 2.75) is 13.8 Å². The molecule has 0 saturated heterocycles. The average Bonchev–Trinajstić information content (AvgIpc) is 2.64. The van der Waals surface area contributed by atoms with Crippen LogP contribution in [0.3, 0.4) is 0 Å². The number of phenols is 1. The molecule has 27 heavy (non-hydrogen) atoms. The van der Waals surface area contributed by atoms with E-state index >= 15 is 0 Å². The molecule has 2 aromatic carbocycles. The van der Waals surface area contributed by atoms with Crippen molar-refractivity contribution >= 4 is 18.1 Å². The van der Waals surface area contributed by atoms with Crippen LogP contribution in [0.2, 0.25) is 0 Å². The van der Waals surface area contributed by atoms with Crippen LogP contribution in [0.4, 0.5) is 0 Å². The molecule has 140 valence electrons. The molecule has 1 N–H and O–H groups in total. The van der Waals surface area contributed by atoms with Gasteiger partial charge in [-0.25, -0.2) is 4.79 Å². The molecule has 0 bridgehead atoms. The molecule has 0 atom stereocenters. The molecule has 2 rings (SSSR count). The van der Waals surface area contributed by atoms with E-state index < -0.39 is 5.97 Å². The lowest BCUT2D eigenvalue weighted by molar-refractivity contribution is -0.144. The van der Waals surface area contributed by atoms with Crippen molar-refractivity contribution in [3.05, 3.63) is 83.5 Å². The van der Waals surface area contributed by atoms with Crippen LogP contribution in [0, 0.1) is 0 Å². The van der Waals surface area contributed by atoms with Crippen molar-refractivity contribution in [1.29, 1.82) is 0 Å². The molecular weight excluding hydrogens is 340 g/mol. The third-order valence-electron chi connectivity index (χ3n) is 3.53. The molecule has 0 unspecified atom stereocenters. The fraction of sp³-hybridized carbons (Fsp3) is 0.174. The highest BCUT2D eigenvalue weighted by atomic mass is 16.6. The van der Waals surface area contributed by atoms with Crippen LogP contribution in [0.25, 0.3) is 12.2 Å². The first-order valence-electron chi connectivity index (χ1n) is 8.68. The minimum atomic E-state index is -0.395. The number of hydrogen-bond acceptors (Lipinski definition) is 4. The van der Waals surface area contributed by atoms with Crippen molar-refractivity contribution in [2.75, 3.05) is 13.2 Å². The maximum Gasteiger partial charge on any atom is 0.344 e. The van der Waals surface area contributed by atoms with Crippen LogP contribution in [-0.4, -0.2) is 24.3 Å². The highest BCUT2D eigenvalue weighted by molar-refractivity contribution is 5.71. The minimum absolute atomic E-state index is 0.113. The van der Waals surface area contributed by atoms with Gasteiger partial charge in [0, 0.05) is 0 Å². The van der Waals surface area contributed by atoms with Crippen molar-refractivity contribution < 1.29 is 19.4 Å². The monoisotopic (exact) mass is 364 g/mol. The number of esters is 1. The molecule has 4 nitrogen and oxygen atoms in total. The van der Waals surface area contributed by atoms with Gasteiger partial charge < -0.3 is 14.6 Å². The highest BCUT2D eigenvalue weighted by Crippen LogP contribution is 2.14. The standard InChI is InChI=1S/C23H24O4/c1-18(2)14-15-26-23(25)17-27-22-12-10-19(11-13-22)6-3-4-7-20-8-5-9-21(24)16-20/h3-14,16,24H,15,17H2,1-2H3. The first-order chi connectivity index (χ1) is 13.0. The zero-order valence-electron chi connectivity index (χ0n) is 15.6. The van der Waals surface area contributed by atoms with Gasteiger partial charge in [-0.05, 0) is 55.3 Å². The van der Waals surface area contributed by atoms with Gasteiger partial charge in [0.1, 0.15) is 18.1 Å². The van der Waals surface area contributed by atoms with Crippen LogP contribution in [0.15, 0.2) is 72.3 Å². The molecule has 0 heterocycles. The lowest BCUT2D eigenvalue weighted by Gasteiger charge is -2.06. The third kappa shape index (κ3) is 8.10. The number of ether oxygens (including phenoxy) is 2. The number of carbonyl (C=O) groups excluding carboxylic acids is 1. The van der Waals surface area contributed by atoms with Gasteiger partial charge in [0.05, 0.1) is 0 Å². The summed E-state index contributed by atoms with van der Waals surface area (Å²) in [6.45, 7) is 4.05. The van der Waals surface area contributed by atoms with Gasteiger partial charge in [-0.1, -0.05) is 54.1 Å². The number of carbonyl (C=O) groups is 1. The van der Waals surface area contributed by atoms with Crippen LogP contribution >= 0.6 is 0 Å². The molecule has 0 amide bonds. The molecule has 2 aromatic rings. The van der Waals surface area contributed by atoms with Gasteiger partial charge in [-0.2, -0.15) is 0 Å². The predicted octanol–water partition coefficient (Wildman–Crippen LogP) is 5.01. The lowest BCUT2D eigenvalue weighted by Crippen LogP contribution is -2.14. The Labute approximate surface area is 160 Å². The van der Waals surface area contributed by atoms with E-state index in [1.165, 1.54) is 0 Å².